The van der Waals surface area contributed by atoms with E-state index >= 15 is 0 Å². The summed E-state index contributed by atoms with van der Waals surface area (Å²) in [5.41, 5.74) is 3.85. The number of piperidine rings is 1. The van der Waals surface area contributed by atoms with Gasteiger partial charge in [0.2, 0.25) is 5.95 Å². The van der Waals surface area contributed by atoms with Gasteiger partial charge in [-0.2, -0.15) is 18.4 Å². The minimum absolute atomic E-state index is 0.301. The average Bonchev–Trinajstić information content (AvgIpc) is 3.02. The van der Waals surface area contributed by atoms with Crippen LogP contribution in [0.1, 0.15) is 44.1 Å². The van der Waals surface area contributed by atoms with E-state index < -0.39 is 12.1 Å². The zero-order valence-corrected chi connectivity index (χ0v) is 23.8. The number of halogens is 3. The Hall–Kier alpha value is -4.37. The zero-order chi connectivity index (χ0) is 30.8. The number of aliphatic carboxylic acids is 1. The number of rotatable bonds is 7. The van der Waals surface area contributed by atoms with Crippen molar-refractivity contribution in [2.75, 3.05) is 30.4 Å². The first-order valence-electron chi connectivity index (χ1n) is 14.2. The first-order valence-corrected chi connectivity index (χ1v) is 14.2. The lowest BCUT2D eigenvalue weighted by atomic mass is 9.89. The second-order valence-corrected chi connectivity index (χ2v) is 10.5. The van der Waals surface area contributed by atoms with Gasteiger partial charge in [-0.15, -0.1) is 0 Å². The van der Waals surface area contributed by atoms with E-state index in [1.54, 1.807) is 7.11 Å². The van der Waals surface area contributed by atoms with Crippen LogP contribution in [-0.2, 0) is 4.79 Å². The summed E-state index contributed by atoms with van der Waals surface area (Å²) in [4.78, 5) is 20.7. The van der Waals surface area contributed by atoms with Gasteiger partial charge >= 0.3 is 12.1 Å². The van der Waals surface area contributed by atoms with E-state index in [9.17, 15) is 13.2 Å². The highest BCUT2D eigenvalue weighted by molar-refractivity contribution is 5.73. The van der Waals surface area contributed by atoms with Gasteiger partial charge < -0.3 is 25.4 Å². The molecule has 3 N–H and O–H groups in total. The Morgan fingerprint density at radius 3 is 2.33 bits per heavy atom. The van der Waals surface area contributed by atoms with Crippen molar-refractivity contribution >= 4 is 17.6 Å². The number of nitrogens with zero attached hydrogens (tertiary/aromatic N) is 4. The quantitative estimate of drug-likeness (QED) is 0.318. The molecule has 1 saturated heterocycles. The number of methoxy groups -OCH3 is 1. The van der Waals surface area contributed by atoms with E-state index in [0.29, 0.717) is 29.6 Å². The third-order valence-corrected chi connectivity index (χ3v) is 7.60. The maximum absolute atomic E-state index is 10.6. The minimum Gasteiger partial charge on any atom is -0.497 e. The predicted octanol–water partition coefficient (Wildman–Crippen LogP) is 5.64. The normalized spacial score (nSPS) is 20.3. The maximum atomic E-state index is 10.6. The van der Waals surface area contributed by atoms with Crippen LogP contribution in [0.3, 0.4) is 0 Å². The molecule has 0 unspecified atom stereocenters. The van der Waals surface area contributed by atoms with Gasteiger partial charge in [-0.1, -0.05) is 12.8 Å². The predicted molar refractivity (Wildman–Crippen MR) is 157 cm³/mol. The number of nitrogens with one attached hydrogen (secondary N) is 2. The molecule has 5 rings (SSSR count). The number of ether oxygens (including phenoxy) is 1. The molecule has 12 heteroatoms. The number of carboxylic acids is 1. The summed E-state index contributed by atoms with van der Waals surface area (Å²) in [7, 11) is 1.67. The molecular weight excluding hydrogens is 561 g/mol. The summed E-state index contributed by atoms with van der Waals surface area (Å²) in [5, 5.41) is 23.9. The monoisotopic (exact) mass is 596 g/mol. The molecule has 1 aliphatic carbocycles. The molecule has 2 aliphatic rings. The van der Waals surface area contributed by atoms with Gasteiger partial charge in [-0.05, 0) is 80.3 Å². The topological polar surface area (TPSA) is 123 Å². The lowest BCUT2D eigenvalue weighted by Crippen LogP contribution is -2.55. The van der Waals surface area contributed by atoms with Crippen molar-refractivity contribution in [3.8, 4) is 23.1 Å². The second kappa shape index (κ2) is 14.7. The molecule has 2 aromatic carbocycles. The molecule has 3 aromatic rings. The minimum atomic E-state index is -5.08. The summed E-state index contributed by atoms with van der Waals surface area (Å²) in [5.74, 6) is -1.24. The van der Waals surface area contributed by atoms with E-state index in [4.69, 9.17) is 24.9 Å². The number of nitriles is 1. The summed E-state index contributed by atoms with van der Waals surface area (Å²) < 4.78 is 37.0. The standard InChI is InChI=1S/C29H34N6O.C2HF3O2/c1-36-25-14-10-22(11-15-25)26-16-17-31-29(33-26)34-28-7-3-2-6-27(28)32-23-5-4-18-35(20-23)24-12-8-21(19-30)9-13-24;3-2(4,5)1(6)7/h8-17,23,27-28,32H,2-7,18,20H2,1H3,(H,31,33,34);(H,6,7)/t23-,27+,28+;/m0./s1. The Kier molecular flexibility index (Phi) is 10.8. The smallest absolute Gasteiger partial charge is 0.490 e. The second-order valence-electron chi connectivity index (χ2n) is 10.5. The number of hydrogen-bond donors (Lipinski definition) is 3. The van der Waals surface area contributed by atoms with E-state index in [-0.39, 0.29) is 0 Å². The largest absolute Gasteiger partial charge is 0.497 e. The number of benzene rings is 2. The summed E-state index contributed by atoms with van der Waals surface area (Å²) >= 11 is 0. The van der Waals surface area contributed by atoms with Crippen LogP contribution in [0.5, 0.6) is 5.75 Å². The number of hydrogen-bond acceptors (Lipinski definition) is 8. The van der Waals surface area contributed by atoms with E-state index in [1.165, 1.54) is 24.9 Å². The molecule has 0 radical (unpaired) electrons. The molecule has 9 nitrogen and oxygen atoms in total. The third-order valence-electron chi connectivity index (χ3n) is 7.60. The Labute approximate surface area is 248 Å². The fraction of sp³-hybridized carbons (Fsp3) is 0.419. The van der Waals surface area contributed by atoms with Gasteiger partial charge in [0.1, 0.15) is 5.75 Å². The third kappa shape index (κ3) is 9.06. The van der Waals surface area contributed by atoms with Gasteiger partial charge in [-0.3, -0.25) is 0 Å². The molecule has 2 fully saturated rings. The van der Waals surface area contributed by atoms with Gasteiger partial charge in [0.05, 0.1) is 24.4 Å². The highest BCUT2D eigenvalue weighted by Gasteiger charge is 2.38. The van der Waals surface area contributed by atoms with Crippen molar-refractivity contribution in [3.05, 3.63) is 66.4 Å². The molecule has 1 aliphatic heterocycles. The van der Waals surface area contributed by atoms with E-state index in [1.807, 2.05) is 48.7 Å². The van der Waals surface area contributed by atoms with Crippen molar-refractivity contribution in [2.24, 2.45) is 0 Å². The van der Waals surface area contributed by atoms with Crippen LogP contribution in [0.25, 0.3) is 11.3 Å². The lowest BCUT2D eigenvalue weighted by Gasteiger charge is -2.40. The van der Waals surface area contributed by atoms with Gasteiger partial charge in [-0.25, -0.2) is 14.8 Å². The van der Waals surface area contributed by atoms with E-state index in [0.717, 1.165) is 49.4 Å². The highest BCUT2D eigenvalue weighted by Crippen LogP contribution is 2.26. The van der Waals surface area contributed by atoms with E-state index in [2.05, 4.69) is 38.7 Å². The van der Waals surface area contributed by atoms with Crippen LogP contribution >= 0.6 is 0 Å². The summed E-state index contributed by atoms with van der Waals surface area (Å²) in [6.07, 6.45) is 3.82. The Morgan fingerprint density at radius 1 is 1.02 bits per heavy atom. The SMILES string of the molecule is COc1ccc(-c2ccnc(N[C@@H]3CCCC[C@H]3N[C@H]3CCCN(c4ccc(C#N)cc4)C3)n2)cc1.O=C(O)C(F)(F)F. The first kappa shape index (κ1) is 31.6. The van der Waals surface area contributed by atoms with Crippen LogP contribution in [-0.4, -0.2) is 65.5 Å². The van der Waals surface area contributed by atoms with Crippen molar-refractivity contribution in [2.45, 2.75) is 62.8 Å². The fourth-order valence-corrected chi connectivity index (χ4v) is 5.42. The average molecular weight is 597 g/mol. The fourth-order valence-electron chi connectivity index (χ4n) is 5.42. The number of anilines is 2. The summed E-state index contributed by atoms with van der Waals surface area (Å²) in [6, 6.07) is 21.2. The van der Waals surface area contributed by atoms with Crippen molar-refractivity contribution in [3.63, 3.8) is 0 Å². The summed E-state index contributed by atoms with van der Waals surface area (Å²) in [6.45, 7) is 2.04. The molecule has 0 bridgehead atoms. The molecule has 1 saturated carbocycles. The molecule has 2 heterocycles. The first-order chi connectivity index (χ1) is 20.7. The van der Waals surface area contributed by atoms with Crippen molar-refractivity contribution in [1.82, 2.24) is 15.3 Å². The molecular formula is C31H35F3N6O3. The van der Waals surface area contributed by atoms with Crippen LogP contribution in [0, 0.1) is 11.3 Å². The van der Waals surface area contributed by atoms with Crippen LogP contribution < -0.4 is 20.3 Å². The molecule has 3 atom stereocenters. The van der Waals surface area contributed by atoms with Crippen LogP contribution in [0.2, 0.25) is 0 Å². The number of carbonyl (C=O) groups is 1. The Morgan fingerprint density at radius 2 is 1.70 bits per heavy atom. The van der Waals surface area contributed by atoms with Gasteiger partial charge in [0.15, 0.2) is 0 Å². The zero-order valence-electron chi connectivity index (χ0n) is 23.8. The lowest BCUT2D eigenvalue weighted by molar-refractivity contribution is -0.192. The Bertz CT molecular complexity index is 1380. The maximum Gasteiger partial charge on any atom is 0.490 e. The molecule has 228 valence electrons. The molecule has 0 spiro atoms. The molecule has 1 aromatic heterocycles. The molecule has 43 heavy (non-hydrogen) atoms. The Balaban J connectivity index is 0.000000541. The van der Waals surface area contributed by atoms with Gasteiger partial charge in [0, 0.05) is 48.7 Å². The van der Waals surface area contributed by atoms with Crippen LogP contribution in [0.15, 0.2) is 60.8 Å². The van der Waals surface area contributed by atoms with Crippen molar-refractivity contribution in [1.29, 1.82) is 5.26 Å². The van der Waals surface area contributed by atoms with Gasteiger partial charge in [0.25, 0.3) is 0 Å². The molecule has 0 amide bonds. The highest BCUT2D eigenvalue weighted by atomic mass is 19.4. The number of aromatic nitrogens is 2. The number of alkyl halides is 3. The van der Waals surface area contributed by atoms with Crippen molar-refractivity contribution < 1.29 is 27.8 Å². The number of carboxylic acid groups (broad SMARTS) is 1. The van der Waals surface area contributed by atoms with Crippen LogP contribution in [0.4, 0.5) is 24.8 Å².